The molecule has 3 heterocycles. The van der Waals surface area contributed by atoms with Crippen molar-refractivity contribution in [3.8, 4) is 11.1 Å². The van der Waals surface area contributed by atoms with Crippen LogP contribution in [0.1, 0.15) is 12.8 Å². The molecule has 0 aliphatic carbocycles. The van der Waals surface area contributed by atoms with Gasteiger partial charge in [-0.15, -0.1) is 0 Å². The fourth-order valence-electron chi connectivity index (χ4n) is 4.11. The van der Waals surface area contributed by atoms with E-state index in [0.717, 1.165) is 13.1 Å². The Morgan fingerprint density at radius 2 is 1.81 bits per heavy atom. The van der Waals surface area contributed by atoms with E-state index in [4.69, 9.17) is 15.6 Å². The second-order valence-corrected chi connectivity index (χ2v) is 7.87. The van der Waals surface area contributed by atoms with Gasteiger partial charge in [-0.2, -0.15) is 0 Å². The van der Waals surface area contributed by atoms with E-state index < -0.39 is 11.9 Å². The Morgan fingerprint density at radius 1 is 1.16 bits per heavy atom. The van der Waals surface area contributed by atoms with E-state index in [0.29, 0.717) is 67.6 Å². The molecule has 2 saturated heterocycles. The Labute approximate surface area is 180 Å². The van der Waals surface area contributed by atoms with Crippen LogP contribution in [0.15, 0.2) is 24.5 Å². The lowest BCUT2D eigenvalue weighted by Gasteiger charge is -2.37. The van der Waals surface area contributed by atoms with Crippen LogP contribution in [0.3, 0.4) is 0 Å². The highest BCUT2D eigenvalue weighted by Gasteiger charge is 2.26. The molecule has 2 fully saturated rings. The summed E-state index contributed by atoms with van der Waals surface area (Å²) in [5.74, 6) is 0.211. The van der Waals surface area contributed by atoms with Gasteiger partial charge in [-0.1, -0.05) is 0 Å². The van der Waals surface area contributed by atoms with Crippen molar-refractivity contribution in [3.63, 3.8) is 0 Å². The largest absolute Gasteiger partial charge is 0.465 e. The molecule has 0 atom stereocenters. The molecule has 0 unspecified atom stereocenters. The van der Waals surface area contributed by atoms with Crippen molar-refractivity contribution < 1.29 is 19.0 Å². The van der Waals surface area contributed by atoms with E-state index in [1.165, 1.54) is 11.0 Å². The van der Waals surface area contributed by atoms with Gasteiger partial charge >= 0.3 is 6.09 Å². The number of anilines is 3. The minimum Gasteiger partial charge on any atom is -0.465 e. The van der Waals surface area contributed by atoms with Gasteiger partial charge in [0.05, 0.1) is 24.6 Å². The summed E-state index contributed by atoms with van der Waals surface area (Å²) in [5.41, 5.74) is 8.29. The zero-order chi connectivity index (χ0) is 22.0. The smallest absolute Gasteiger partial charge is 0.407 e. The molecule has 31 heavy (non-hydrogen) atoms. The number of nitrogen functional groups attached to an aromatic ring is 1. The molecule has 1 aromatic heterocycles. The first kappa shape index (κ1) is 21.1. The van der Waals surface area contributed by atoms with Gasteiger partial charge in [-0.25, -0.2) is 19.2 Å². The maximum absolute atomic E-state index is 15.0. The Kier molecular flexibility index (Phi) is 6.08. The van der Waals surface area contributed by atoms with E-state index in [-0.39, 0.29) is 6.04 Å². The number of morpholine rings is 1. The molecular weight excluding hydrogens is 403 g/mol. The Morgan fingerprint density at radius 3 is 2.42 bits per heavy atom. The average molecular weight is 430 g/mol. The van der Waals surface area contributed by atoms with Crippen molar-refractivity contribution in [3.05, 3.63) is 30.3 Å². The van der Waals surface area contributed by atoms with Gasteiger partial charge in [0, 0.05) is 62.8 Å². The predicted molar refractivity (Wildman–Crippen MR) is 116 cm³/mol. The summed E-state index contributed by atoms with van der Waals surface area (Å²) in [5, 5.41) is 9.15. The molecule has 1 amide bonds. The zero-order valence-corrected chi connectivity index (χ0v) is 17.5. The van der Waals surface area contributed by atoms with E-state index in [9.17, 15) is 9.18 Å². The summed E-state index contributed by atoms with van der Waals surface area (Å²) in [6.07, 6.45) is 3.63. The molecule has 0 bridgehead atoms. The third kappa shape index (κ3) is 4.48. The Balaban J connectivity index is 1.48. The summed E-state index contributed by atoms with van der Waals surface area (Å²) >= 11 is 0. The number of halogens is 1. The molecule has 10 heteroatoms. The van der Waals surface area contributed by atoms with Crippen molar-refractivity contribution in [2.24, 2.45) is 0 Å². The van der Waals surface area contributed by atoms with Crippen molar-refractivity contribution in [1.82, 2.24) is 14.9 Å². The molecule has 3 N–H and O–H groups in total. The third-order valence-corrected chi connectivity index (χ3v) is 6.01. The van der Waals surface area contributed by atoms with E-state index >= 15 is 0 Å². The number of hydrogen-bond acceptors (Lipinski definition) is 7. The van der Waals surface area contributed by atoms with Crippen LogP contribution in [0.2, 0.25) is 0 Å². The number of rotatable bonds is 4. The number of hydrogen-bond donors (Lipinski definition) is 2. The second-order valence-electron chi connectivity index (χ2n) is 7.87. The normalized spacial score (nSPS) is 17.6. The molecular formula is C21H27FN6O3. The number of piperidine rings is 1. The van der Waals surface area contributed by atoms with Crippen LogP contribution >= 0.6 is 0 Å². The highest BCUT2D eigenvalue weighted by molar-refractivity contribution is 5.77. The number of carbonyl (C=O) groups is 1. The number of amides is 1. The lowest BCUT2D eigenvalue weighted by Crippen LogP contribution is -2.45. The van der Waals surface area contributed by atoms with Crippen molar-refractivity contribution in [2.45, 2.75) is 18.9 Å². The molecule has 166 valence electrons. The molecule has 9 nitrogen and oxygen atoms in total. The van der Waals surface area contributed by atoms with Gasteiger partial charge in [-0.3, -0.25) is 0 Å². The van der Waals surface area contributed by atoms with Gasteiger partial charge in [-0.05, 0) is 25.0 Å². The Hall–Kier alpha value is -3.14. The van der Waals surface area contributed by atoms with Crippen LogP contribution in [0.5, 0.6) is 0 Å². The fourth-order valence-corrected chi connectivity index (χ4v) is 4.11. The minimum absolute atomic E-state index is 0.0405. The quantitative estimate of drug-likeness (QED) is 0.712. The zero-order valence-electron chi connectivity index (χ0n) is 17.5. The average Bonchev–Trinajstić information content (AvgIpc) is 2.80. The molecule has 0 spiro atoms. The molecule has 0 radical (unpaired) electrons. The molecule has 0 saturated carbocycles. The number of benzene rings is 1. The number of ether oxygens (including phenoxy) is 1. The van der Waals surface area contributed by atoms with Crippen LogP contribution in [0, 0.1) is 5.82 Å². The Bertz CT molecular complexity index is 927. The maximum Gasteiger partial charge on any atom is 0.407 e. The molecule has 1 aromatic carbocycles. The lowest BCUT2D eigenvalue weighted by atomic mass is 10.0. The third-order valence-electron chi connectivity index (χ3n) is 6.01. The summed E-state index contributed by atoms with van der Waals surface area (Å²) < 4.78 is 20.3. The van der Waals surface area contributed by atoms with Crippen LogP contribution in [-0.2, 0) is 4.74 Å². The van der Waals surface area contributed by atoms with E-state index in [1.54, 1.807) is 25.5 Å². The second kappa shape index (κ2) is 8.93. The number of nitrogens with two attached hydrogens (primary N) is 1. The standard InChI is InChI=1S/C21H27FN6O3/c1-26(21(29)30)15-2-4-27(5-3-15)19-11-17(22)16(10-18(19)23)14-12-24-20(25-13-14)28-6-8-31-9-7-28/h10-13,15H,2-9,23H2,1H3,(H,29,30). The molecule has 2 aromatic rings. The van der Waals surface area contributed by atoms with Gasteiger partial charge in [0.1, 0.15) is 5.82 Å². The van der Waals surface area contributed by atoms with Crippen molar-refractivity contribution in [1.29, 1.82) is 0 Å². The predicted octanol–water partition coefficient (Wildman–Crippen LogP) is 2.28. The SMILES string of the molecule is CN(C(=O)O)C1CCN(c2cc(F)c(-c3cnc(N4CCOCC4)nc3)cc2N)CC1. The van der Waals surface area contributed by atoms with Gasteiger partial charge in [0.2, 0.25) is 5.95 Å². The van der Waals surface area contributed by atoms with Crippen LogP contribution in [0.25, 0.3) is 11.1 Å². The highest BCUT2D eigenvalue weighted by Crippen LogP contribution is 2.34. The topological polar surface area (TPSA) is 108 Å². The van der Waals surface area contributed by atoms with Crippen LogP contribution in [-0.4, -0.2) is 78.5 Å². The summed E-state index contributed by atoms with van der Waals surface area (Å²) in [6, 6.07) is 3.02. The van der Waals surface area contributed by atoms with Crippen molar-refractivity contribution >= 4 is 23.4 Å². The first-order valence-electron chi connectivity index (χ1n) is 10.4. The first-order chi connectivity index (χ1) is 14.9. The number of aromatic nitrogens is 2. The monoisotopic (exact) mass is 430 g/mol. The van der Waals surface area contributed by atoms with E-state index in [2.05, 4.69) is 9.97 Å². The maximum atomic E-state index is 15.0. The van der Waals surface area contributed by atoms with Gasteiger partial charge in [0.25, 0.3) is 0 Å². The minimum atomic E-state index is -0.935. The molecule has 2 aliphatic rings. The summed E-state index contributed by atoms with van der Waals surface area (Å²) in [7, 11) is 1.58. The fraction of sp³-hybridized carbons (Fsp3) is 0.476. The first-order valence-corrected chi connectivity index (χ1v) is 10.4. The number of nitrogens with zero attached hydrogens (tertiary/aromatic N) is 5. The van der Waals surface area contributed by atoms with Gasteiger partial charge in [0.15, 0.2) is 0 Å². The summed E-state index contributed by atoms with van der Waals surface area (Å²) in [6.45, 7) is 3.97. The molecule has 2 aliphatic heterocycles. The lowest BCUT2D eigenvalue weighted by molar-refractivity contribution is 0.122. The van der Waals surface area contributed by atoms with Crippen LogP contribution < -0.4 is 15.5 Å². The van der Waals surface area contributed by atoms with E-state index in [1.807, 2.05) is 9.80 Å². The highest BCUT2D eigenvalue weighted by atomic mass is 19.1. The van der Waals surface area contributed by atoms with Crippen molar-refractivity contribution in [2.75, 3.05) is 62.0 Å². The molecule has 4 rings (SSSR count). The number of carboxylic acid groups (broad SMARTS) is 1. The summed E-state index contributed by atoms with van der Waals surface area (Å²) in [4.78, 5) is 25.3. The van der Waals surface area contributed by atoms with Gasteiger partial charge < -0.3 is 30.3 Å². The van der Waals surface area contributed by atoms with Crippen LogP contribution in [0.4, 0.5) is 26.5 Å².